The Kier molecular flexibility index (Phi) is 7.05. The van der Waals surface area contributed by atoms with Crippen LogP contribution in [-0.2, 0) is 9.59 Å². The van der Waals surface area contributed by atoms with Crippen LogP contribution in [0.25, 0.3) is 0 Å². The molecule has 1 N–H and O–H groups in total. The first-order valence-electron chi connectivity index (χ1n) is 10.2. The fourth-order valence-corrected chi connectivity index (χ4v) is 3.52. The Labute approximate surface area is 172 Å². The third-order valence-electron chi connectivity index (χ3n) is 5.20. The lowest BCUT2D eigenvalue weighted by atomic mass is 10.2. The number of amides is 2. The van der Waals surface area contributed by atoms with E-state index in [4.69, 9.17) is 0 Å². The number of carbonyl (C=O) groups excluding carboxylic acids is 2. The first-order chi connectivity index (χ1) is 14.1. The Morgan fingerprint density at radius 3 is 2.28 bits per heavy atom. The molecule has 3 rings (SSSR count). The van der Waals surface area contributed by atoms with Crippen molar-refractivity contribution in [2.45, 2.75) is 20.3 Å². The maximum Gasteiger partial charge on any atom is 0.233 e. The maximum atomic E-state index is 12.5. The molecule has 0 aliphatic carbocycles. The number of nitrogens with one attached hydrogen (secondary N) is 1. The van der Waals surface area contributed by atoms with Gasteiger partial charge in [0.25, 0.3) is 0 Å². The first kappa shape index (κ1) is 20.6. The van der Waals surface area contributed by atoms with Crippen molar-refractivity contribution in [2.24, 2.45) is 0 Å². The molecular weight excluding hydrogens is 366 g/mol. The van der Waals surface area contributed by atoms with E-state index < -0.39 is 0 Å². The second-order valence-corrected chi connectivity index (χ2v) is 7.00. The molecule has 1 aliphatic heterocycles. The summed E-state index contributed by atoms with van der Waals surface area (Å²) in [5, 5.41) is 2.82. The van der Waals surface area contributed by atoms with E-state index in [1.807, 2.05) is 42.5 Å². The van der Waals surface area contributed by atoms with Crippen LogP contribution in [0.5, 0.6) is 0 Å². The second-order valence-electron chi connectivity index (χ2n) is 7.00. The zero-order valence-corrected chi connectivity index (χ0v) is 17.2. The molecule has 1 aliphatic rings. The molecule has 2 heterocycles. The Morgan fingerprint density at radius 2 is 1.69 bits per heavy atom. The number of hydrogen-bond donors (Lipinski definition) is 1. The summed E-state index contributed by atoms with van der Waals surface area (Å²) in [5.74, 6) is 0.506. The molecule has 1 fully saturated rings. The topological polar surface area (TPSA) is 68.8 Å². The van der Waals surface area contributed by atoms with Crippen molar-refractivity contribution in [1.29, 1.82) is 0 Å². The molecule has 2 aromatic rings. The van der Waals surface area contributed by atoms with Gasteiger partial charge in [0, 0.05) is 56.8 Å². The van der Waals surface area contributed by atoms with Crippen LogP contribution in [0.2, 0.25) is 0 Å². The Balaban J connectivity index is 1.46. The van der Waals surface area contributed by atoms with Crippen molar-refractivity contribution in [3.63, 3.8) is 0 Å². The van der Waals surface area contributed by atoms with E-state index in [2.05, 4.69) is 33.9 Å². The summed E-state index contributed by atoms with van der Waals surface area (Å²) in [6.07, 6.45) is 1.63. The predicted molar refractivity (Wildman–Crippen MR) is 116 cm³/mol. The van der Waals surface area contributed by atoms with E-state index in [0.29, 0.717) is 18.8 Å². The van der Waals surface area contributed by atoms with E-state index in [9.17, 15) is 9.59 Å². The minimum atomic E-state index is -0.280. The van der Waals surface area contributed by atoms with Crippen LogP contribution < -0.4 is 15.1 Å². The molecule has 0 bridgehead atoms. The minimum Gasteiger partial charge on any atom is -0.372 e. The zero-order valence-electron chi connectivity index (χ0n) is 17.2. The Hall–Kier alpha value is -3.09. The number of nitrogens with zero attached hydrogens (tertiary/aromatic N) is 4. The highest BCUT2D eigenvalue weighted by molar-refractivity contribution is 6.03. The fourth-order valence-electron chi connectivity index (χ4n) is 3.52. The minimum absolute atomic E-state index is 0.136. The summed E-state index contributed by atoms with van der Waals surface area (Å²) >= 11 is 0. The number of carbonyl (C=O) groups is 2. The van der Waals surface area contributed by atoms with Crippen LogP contribution >= 0.6 is 0 Å². The number of pyridine rings is 1. The number of rotatable bonds is 7. The molecule has 7 heteroatoms. The molecule has 2 amide bonds. The average molecular weight is 396 g/mol. The van der Waals surface area contributed by atoms with Crippen LogP contribution in [0.1, 0.15) is 20.3 Å². The van der Waals surface area contributed by atoms with Gasteiger partial charge in [-0.3, -0.25) is 9.59 Å². The van der Waals surface area contributed by atoms with E-state index in [1.54, 1.807) is 11.1 Å². The lowest BCUT2D eigenvalue weighted by molar-refractivity contribution is -0.134. The molecule has 1 saturated heterocycles. The van der Waals surface area contributed by atoms with Gasteiger partial charge in [0.1, 0.15) is 12.2 Å². The van der Waals surface area contributed by atoms with Crippen LogP contribution in [0.3, 0.4) is 0 Å². The van der Waals surface area contributed by atoms with Gasteiger partial charge in [0.2, 0.25) is 11.8 Å². The number of piperazine rings is 1. The highest BCUT2D eigenvalue weighted by Gasteiger charge is 2.23. The zero-order chi connectivity index (χ0) is 20.6. The van der Waals surface area contributed by atoms with Gasteiger partial charge < -0.3 is 20.0 Å². The Bertz CT molecular complexity index is 798. The van der Waals surface area contributed by atoms with Crippen molar-refractivity contribution in [3.8, 4) is 0 Å². The highest BCUT2D eigenvalue weighted by Crippen LogP contribution is 2.18. The molecule has 1 aromatic heterocycles. The summed E-state index contributed by atoms with van der Waals surface area (Å²) in [6.45, 7) is 8.73. The van der Waals surface area contributed by atoms with Gasteiger partial charge in [0.05, 0.1) is 0 Å². The summed E-state index contributed by atoms with van der Waals surface area (Å²) in [6, 6.07) is 13.5. The number of hydrogen-bond acceptors (Lipinski definition) is 5. The number of benzene rings is 1. The van der Waals surface area contributed by atoms with Gasteiger partial charge in [-0.1, -0.05) is 6.07 Å². The lowest BCUT2D eigenvalue weighted by Gasteiger charge is -2.35. The quantitative estimate of drug-likeness (QED) is 0.730. The molecule has 7 nitrogen and oxygen atoms in total. The SMILES string of the molecule is CCN(CC)c1ccc(NC(=O)CC(=O)N2CCN(c3ccccn3)CC2)cc1. The van der Waals surface area contributed by atoms with Crippen LogP contribution in [0.15, 0.2) is 48.7 Å². The third kappa shape index (κ3) is 5.47. The van der Waals surface area contributed by atoms with E-state index in [1.165, 1.54) is 0 Å². The van der Waals surface area contributed by atoms with Crippen LogP contribution in [0, 0.1) is 0 Å². The van der Waals surface area contributed by atoms with Gasteiger partial charge in [0.15, 0.2) is 0 Å². The molecule has 29 heavy (non-hydrogen) atoms. The van der Waals surface area contributed by atoms with Crippen molar-refractivity contribution < 1.29 is 9.59 Å². The third-order valence-corrected chi connectivity index (χ3v) is 5.20. The predicted octanol–water partition coefficient (Wildman–Crippen LogP) is 2.61. The monoisotopic (exact) mass is 395 g/mol. The van der Waals surface area contributed by atoms with Crippen LogP contribution in [0.4, 0.5) is 17.2 Å². The largest absolute Gasteiger partial charge is 0.372 e. The highest BCUT2D eigenvalue weighted by atomic mass is 16.2. The smallest absolute Gasteiger partial charge is 0.233 e. The molecular formula is C22H29N5O2. The molecule has 1 aromatic carbocycles. The Morgan fingerprint density at radius 1 is 1.00 bits per heavy atom. The standard InChI is InChI=1S/C22H29N5O2/c1-3-25(4-2)19-10-8-18(9-11-19)24-21(28)17-22(29)27-15-13-26(14-16-27)20-7-5-6-12-23-20/h5-12H,3-4,13-17H2,1-2H3,(H,24,28). The average Bonchev–Trinajstić information content (AvgIpc) is 2.76. The van der Waals surface area contributed by atoms with Gasteiger partial charge in [-0.25, -0.2) is 4.98 Å². The maximum absolute atomic E-state index is 12.5. The molecule has 0 atom stereocenters. The van der Waals surface area contributed by atoms with Crippen molar-refractivity contribution in [3.05, 3.63) is 48.7 Å². The fraction of sp³-hybridized carbons (Fsp3) is 0.409. The summed E-state index contributed by atoms with van der Waals surface area (Å²) in [5.41, 5.74) is 1.83. The molecule has 0 spiro atoms. The van der Waals surface area contributed by atoms with Crippen molar-refractivity contribution >= 4 is 29.0 Å². The lowest BCUT2D eigenvalue weighted by Crippen LogP contribution is -2.49. The van der Waals surface area contributed by atoms with Gasteiger partial charge in [-0.2, -0.15) is 0 Å². The van der Waals surface area contributed by atoms with Gasteiger partial charge in [-0.05, 0) is 50.2 Å². The summed E-state index contributed by atoms with van der Waals surface area (Å²) in [4.78, 5) is 35.3. The van der Waals surface area contributed by atoms with Crippen molar-refractivity contribution in [1.82, 2.24) is 9.88 Å². The summed E-state index contributed by atoms with van der Waals surface area (Å²) < 4.78 is 0. The number of anilines is 3. The molecule has 0 radical (unpaired) electrons. The summed E-state index contributed by atoms with van der Waals surface area (Å²) in [7, 11) is 0. The van der Waals surface area contributed by atoms with Gasteiger partial charge in [-0.15, -0.1) is 0 Å². The molecule has 154 valence electrons. The van der Waals surface area contributed by atoms with Gasteiger partial charge >= 0.3 is 0 Å². The second kappa shape index (κ2) is 9.91. The van der Waals surface area contributed by atoms with Crippen LogP contribution in [-0.4, -0.2) is 61.0 Å². The first-order valence-corrected chi connectivity index (χ1v) is 10.2. The number of aromatic nitrogens is 1. The molecule has 0 unspecified atom stereocenters. The normalized spacial score (nSPS) is 13.9. The molecule has 0 saturated carbocycles. The van der Waals surface area contributed by atoms with E-state index in [-0.39, 0.29) is 18.2 Å². The van der Waals surface area contributed by atoms with E-state index in [0.717, 1.165) is 37.7 Å². The van der Waals surface area contributed by atoms with E-state index >= 15 is 0 Å². The van der Waals surface area contributed by atoms with Crippen molar-refractivity contribution in [2.75, 3.05) is 54.4 Å².